The van der Waals surface area contributed by atoms with Gasteiger partial charge < -0.3 is 15.2 Å². The summed E-state index contributed by atoms with van der Waals surface area (Å²) in [7, 11) is 1.57. The first kappa shape index (κ1) is 15.6. The number of rotatable bonds is 5. The van der Waals surface area contributed by atoms with Crippen molar-refractivity contribution in [3.05, 3.63) is 58.9 Å². The van der Waals surface area contributed by atoms with Gasteiger partial charge >= 0.3 is 0 Å². The number of methoxy groups -OCH3 is 1. The molecule has 2 rings (SSSR count). The van der Waals surface area contributed by atoms with Crippen molar-refractivity contribution in [1.29, 1.82) is 0 Å². The van der Waals surface area contributed by atoms with Crippen LogP contribution in [0.5, 0.6) is 5.75 Å². The predicted octanol–water partition coefficient (Wildman–Crippen LogP) is 3.81. The summed E-state index contributed by atoms with van der Waals surface area (Å²) >= 11 is 6.11. The lowest BCUT2D eigenvalue weighted by atomic mass is 9.92. The largest absolute Gasteiger partial charge is 0.495 e. The van der Waals surface area contributed by atoms with Crippen molar-refractivity contribution in [3.63, 3.8) is 0 Å². The van der Waals surface area contributed by atoms with Crippen LogP contribution in [0.15, 0.2) is 42.5 Å². The van der Waals surface area contributed by atoms with Gasteiger partial charge in [-0.2, -0.15) is 0 Å². The Hall–Kier alpha value is -1.78. The number of halogens is 2. The fourth-order valence-corrected chi connectivity index (χ4v) is 2.55. The first-order valence-electron chi connectivity index (χ1n) is 6.48. The molecule has 2 aromatic rings. The lowest BCUT2D eigenvalue weighted by Gasteiger charge is -2.32. The lowest BCUT2D eigenvalue weighted by molar-refractivity contribution is 0.223. The quantitative estimate of drug-likeness (QED) is 0.882. The Kier molecular flexibility index (Phi) is 4.70. The molecule has 21 heavy (non-hydrogen) atoms. The Balaban J connectivity index is 2.41. The van der Waals surface area contributed by atoms with E-state index in [-0.39, 0.29) is 11.6 Å². The molecule has 0 bridgehead atoms. The van der Waals surface area contributed by atoms with Crippen LogP contribution in [0.25, 0.3) is 0 Å². The molecule has 3 nitrogen and oxygen atoms in total. The highest BCUT2D eigenvalue weighted by Crippen LogP contribution is 2.34. The number of aliphatic hydroxyl groups excluding tert-OH is 1. The van der Waals surface area contributed by atoms with Gasteiger partial charge in [0.15, 0.2) is 0 Å². The molecule has 0 aliphatic rings. The molecule has 1 unspecified atom stereocenters. The fourth-order valence-electron chi connectivity index (χ4n) is 2.17. The van der Waals surface area contributed by atoms with E-state index in [1.807, 2.05) is 24.3 Å². The predicted molar refractivity (Wildman–Crippen MR) is 82.5 cm³/mol. The average molecular weight is 310 g/mol. The number of nitrogens with one attached hydrogen (secondary N) is 1. The van der Waals surface area contributed by atoms with Crippen molar-refractivity contribution >= 4 is 17.3 Å². The zero-order chi connectivity index (χ0) is 15.5. The van der Waals surface area contributed by atoms with Crippen LogP contribution < -0.4 is 10.1 Å². The highest BCUT2D eigenvalue weighted by atomic mass is 35.5. The van der Waals surface area contributed by atoms with E-state index in [4.69, 9.17) is 16.3 Å². The topological polar surface area (TPSA) is 41.5 Å². The SMILES string of the molecule is COc1ccccc1NC(C)(CO)c1ccc(F)cc1Cl. The molecule has 1 atom stereocenters. The molecule has 0 fully saturated rings. The van der Waals surface area contributed by atoms with Gasteiger partial charge in [-0.3, -0.25) is 0 Å². The third kappa shape index (κ3) is 3.28. The minimum Gasteiger partial charge on any atom is -0.495 e. The molecule has 2 N–H and O–H groups in total. The van der Waals surface area contributed by atoms with E-state index in [9.17, 15) is 9.50 Å². The van der Waals surface area contributed by atoms with Crippen molar-refractivity contribution in [1.82, 2.24) is 0 Å². The zero-order valence-electron chi connectivity index (χ0n) is 11.9. The number of aliphatic hydroxyl groups is 1. The summed E-state index contributed by atoms with van der Waals surface area (Å²) in [6.07, 6.45) is 0. The standard InChI is InChI=1S/C16H17ClFNO2/c1-16(10-20,12-8-7-11(18)9-13(12)17)19-14-5-3-4-6-15(14)21-2/h3-9,19-20H,10H2,1-2H3. The molecule has 0 heterocycles. The zero-order valence-corrected chi connectivity index (χ0v) is 12.6. The maximum Gasteiger partial charge on any atom is 0.141 e. The Bertz CT molecular complexity index is 635. The molecule has 0 amide bonds. The van der Waals surface area contributed by atoms with Crippen LogP contribution in [0.3, 0.4) is 0 Å². The van der Waals surface area contributed by atoms with Crippen molar-refractivity contribution in [2.45, 2.75) is 12.5 Å². The normalized spacial score (nSPS) is 13.6. The Morgan fingerprint density at radius 3 is 2.62 bits per heavy atom. The van der Waals surface area contributed by atoms with Gasteiger partial charge in [0.2, 0.25) is 0 Å². The average Bonchev–Trinajstić information content (AvgIpc) is 2.47. The molecule has 0 radical (unpaired) electrons. The number of hydrogen-bond acceptors (Lipinski definition) is 3. The Morgan fingerprint density at radius 2 is 2.00 bits per heavy atom. The third-order valence-corrected chi connectivity index (χ3v) is 3.67. The maximum absolute atomic E-state index is 13.2. The summed E-state index contributed by atoms with van der Waals surface area (Å²) in [5.41, 5.74) is 0.468. The molecule has 0 aliphatic carbocycles. The van der Waals surface area contributed by atoms with Crippen LogP contribution in [0.2, 0.25) is 5.02 Å². The third-order valence-electron chi connectivity index (χ3n) is 3.36. The minimum absolute atomic E-state index is 0.212. The first-order valence-corrected chi connectivity index (χ1v) is 6.85. The molecule has 112 valence electrons. The Morgan fingerprint density at radius 1 is 1.29 bits per heavy atom. The van der Waals surface area contributed by atoms with E-state index >= 15 is 0 Å². The number of hydrogen-bond donors (Lipinski definition) is 2. The monoisotopic (exact) mass is 309 g/mol. The van der Waals surface area contributed by atoms with E-state index in [1.165, 1.54) is 12.1 Å². The van der Waals surface area contributed by atoms with Gasteiger partial charge in [-0.15, -0.1) is 0 Å². The second-order valence-electron chi connectivity index (χ2n) is 4.94. The molecular weight excluding hydrogens is 293 g/mol. The summed E-state index contributed by atoms with van der Waals surface area (Å²) in [5.74, 6) is 0.233. The van der Waals surface area contributed by atoms with Crippen molar-refractivity contribution < 1.29 is 14.2 Å². The number of anilines is 1. The van der Waals surface area contributed by atoms with Gasteiger partial charge in [-0.05, 0) is 36.8 Å². The van der Waals surface area contributed by atoms with Gasteiger partial charge in [0.1, 0.15) is 11.6 Å². The van der Waals surface area contributed by atoms with E-state index in [0.29, 0.717) is 11.3 Å². The van der Waals surface area contributed by atoms with Crippen LogP contribution >= 0.6 is 11.6 Å². The van der Waals surface area contributed by atoms with Gasteiger partial charge in [0.05, 0.1) is 24.9 Å². The van der Waals surface area contributed by atoms with Crippen LogP contribution in [0, 0.1) is 5.82 Å². The van der Waals surface area contributed by atoms with E-state index in [0.717, 1.165) is 5.69 Å². The number of benzene rings is 2. The van der Waals surface area contributed by atoms with E-state index in [1.54, 1.807) is 20.1 Å². The van der Waals surface area contributed by atoms with Crippen LogP contribution in [-0.2, 0) is 5.54 Å². The number of para-hydroxylation sites is 2. The first-order chi connectivity index (χ1) is 10.00. The molecule has 0 saturated carbocycles. The van der Waals surface area contributed by atoms with Gasteiger partial charge in [0, 0.05) is 5.02 Å². The van der Waals surface area contributed by atoms with E-state index in [2.05, 4.69) is 5.32 Å². The number of ether oxygens (including phenoxy) is 1. The maximum atomic E-state index is 13.2. The molecule has 0 aromatic heterocycles. The second kappa shape index (κ2) is 6.33. The molecule has 0 spiro atoms. The summed E-state index contributed by atoms with van der Waals surface area (Å²) in [6.45, 7) is 1.58. The molecule has 2 aromatic carbocycles. The second-order valence-corrected chi connectivity index (χ2v) is 5.35. The highest BCUT2D eigenvalue weighted by Gasteiger charge is 2.29. The lowest BCUT2D eigenvalue weighted by Crippen LogP contribution is -2.36. The van der Waals surface area contributed by atoms with Crippen LogP contribution in [0.1, 0.15) is 12.5 Å². The van der Waals surface area contributed by atoms with Crippen LogP contribution in [0.4, 0.5) is 10.1 Å². The minimum atomic E-state index is -0.862. The van der Waals surface area contributed by atoms with E-state index < -0.39 is 11.4 Å². The molecule has 0 saturated heterocycles. The summed E-state index contributed by atoms with van der Waals surface area (Å²) < 4.78 is 18.5. The smallest absolute Gasteiger partial charge is 0.141 e. The molecular formula is C16H17ClFNO2. The Labute approximate surface area is 128 Å². The van der Waals surface area contributed by atoms with Crippen molar-refractivity contribution in [2.24, 2.45) is 0 Å². The van der Waals surface area contributed by atoms with Gasteiger partial charge in [-0.1, -0.05) is 29.8 Å². The summed E-state index contributed by atoms with van der Waals surface area (Å²) in [6, 6.07) is 11.5. The van der Waals surface area contributed by atoms with Crippen molar-refractivity contribution in [2.75, 3.05) is 19.0 Å². The van der Waals surface area contributed by atoms with Gasteiger partial charge in [-0.25, -0.2) is 4.39 Å². The van der Waals surface area contributed by atoms with Gasteiger partial charge in [0.25, 0.3) is 0 Å². The summed E-state index contributed by atoms with van der Waals surface area (Å²) in [5, 5.41) is 13.3. The molecule has 5 heteroatoms. The van der Waals surface area contributed by atoms with Crippen molar-refractivity contribution in [3.8, 4) is 5.75 Å². The fraction of sp³-hybridized carbons (Fsp3) is 0.250. The highest BCUT2D eigenvalue weighted by molar-refractivity contribution is 6.31. The summed E-state index contributed by atoms with van der Waals surface area (Å²) in [4.78, 5) is 0. The van der Waals surface area contributed by atoms with Crippen LogP contribution in [-0.4, -0.2) is 18.8 Å². The molecule has 0 aliphatic heterocycles.